The van der Waals surface area contributed by atoms with E-state index in [0.29, 0.717) is 6.54 Å². The Kier molecular flexibility index (Phi) is 3.98. The van der Waals surface area contributed by atoms with Gasteiger partial charge in [0, 0.05) is 23.7 Å². The van der Waals surface area contributed by atoms with E-state index < -0.39 is 0 Å². The molecule has 0 bridgehead atoms. The lowest BCUT2D eigenvalue weighted by Crippen LogP contribution is -2.12. The zero-order chi connectivity index (χ0) is 11.4. The first-order valence-corrected chi connectivity index (χ1v) is 6.93. The highest BCUT2D eigenvalue weighted by atomic mass is 32.2. The Labute approximate surface area is 103 Å². The van der Waals surface area contributed by atoms with Crippen molar-refractivity contribution in [2.45, 2.75) is 24.4 Å². The molecule has 0 aliphatic heterocycles. The quantitative estimate of drug-likeness (QED) is 0.828. The van der Waals surface area contributed by atoms with Crippen LogP contribution in [0, 0.1) is 6.92 Å². The summed E-state index contributed by atoms with van der Waals surface area (Å²) in [6.45, 7) is 3.36. The van der Waals surface area contributed by atoms with E-state index in [4.69, 9.17) is 5.73 Å². The van der Waals surface area contributed by atoms with Gasteiger partial charge in [-0.25, -0.2) is 0 Å². The summed E-state index contributed by atoms with van der Waals surface area (Å²) < 4.78 is 2.07. The smallest absolute Gasteiger partial charge is 0.191 e. The molecule has 0 amide bonds. The highest BCUT2D eigenvalue weighted by molar-refractivity contribution is 7.98. The summed E-state index contributed by atoms with van der Waals surface area (Å²) in [5.41, 5.74) is 5.56. The molecule has 0 radical (unpaired) electrons. The van der Waals surface area contributed by atoms with E-state index in [1.165, 1.54) is 4.88 Å². The number of nitrogens with two attached hydrogens (primary N) is 1. The van der Waals surface area contributed by atoms with Gasteiger partial charge in [0.1, 0.15) is 5.82 Å². The molecule has 0 saturated carbocycles. The van der Waals surface area contributed by atoms with Gasteiger partial charge in [-0.3, -0.25) is 0 Å². The fourth-order valence-corrected chi connectivity index (χ4v) is 3.17. The first-order chi connectivity index (χ1) is 7.81. The number of aryl methyl sites for hydroxylation is 1. The van der Waals surface area contributed by atoms with Gasteiger partial charge in [-0.15, -0.1) is 21.5 Å². The molecule has 2 rings (SSSR count). The zero-order valence-corrected chi connectivity index (χ0v) is 10.7. The summed E-state index contributed by atoms with van der Waals surface area (Å²) in [5, 5.41) is 11.3. The van der Waals surface area contributed by atoms with E-state index in [1.807, 2.05) is 6.92 Å². The second-order valence-electron chi connectivity index (χ2n) is 3.34. The molecule has 4 nitrogen and oxygen atoms in total. The standard InChI is InChI=1S/C10H14N4S2/c1-8-12-13-10(14(8)5-4-11)16-7-9-3-2-6-15-9/h2-3,6H,4-5,7,11H2,1H3. The number of hydrogen-bond donors (Lipinski definition) is 1. The molecule has 6 heteroatoms. The third-order valence-electron chi connectivity index (χ3n) is 2.18. The van der Waals surface area contributed by atoms with Crippen LogP contribution in [0.2, 0.25) is 0 Å². The maximum absolute atomic E-state index is 5.56. The number of rotatable bonds is 5. The molecule has 16 heavy (non-hydrogen) atoms. The van der Waals surface area contributed by atoms with Crippen LogP contribution in [0.1, 0.15) is 10.7 Å². The number of hydrogen-bond acceptors (Lipinski definition) is 5. The van der Waals surface area contributed by atoms with Crippen molar-refractivity contribution in [2.24, 2.45) is 5.73 Å². The summed E-state index contributed by atoms with van der Waals surface area (Å²) in [7, 11) is 0. The summed E-state index contributed by atoms with van der Waals surface area (Å²) in [6, 6.07) is 4.20. The molecule has 2 heterocycles. The highest BCUT2D eigenvalue weighted by Crippen LogP contribution is 2.23. The Morgan fingerprint density at radius 2 is 2.38 bits per heavy atom. The van der Waals surface area contributed by atoms with E-state index in [-0.39, 0.29) is 0 Å². The van der Waals surface area contributed by atoms with Crippen LogP contribution < -0.4 is 5.73 Å². The van der Waals surface area contributed by atoms with Crippen LogP contribution in [-0.2, 0) is 12.3 Å². The van der Waals surface area contributed by atoms with Gasteiger partial charge in [-0.2, -0.15) is 0 Å². The van der Waals surface area contributed by atoms with Crippen molar-refractivity contribution in [1.29, 1.82) is 0 Å². The average Bonchev–Trinajstić information content (AvgIpc) is 2.89. The van der Waals surface area contributed by atoms with Gasteiger partial charge in [0.15, 0.2) is 5.16 Å². The largest absolute Gasteiger partial charge is 0.329 e. The van der Waals surface area contributed by atoms with E-state index in [2.05, 4.69) is 32.3 Å². The van der Waals surface area contributed by atoms with Crippen molar-refractivity contribution < 1.29 is 0 Å². The maximum Gasteiger partial charge on any atom is 0.191 e. The summed E-state index contributed by atoms with van der Waals surface area (Å²) in [6.07, 6.45) is 0. The molecule has 2 aromatic rings. The number of aromatic nitrogens is 3. The summed E-state index contributed by atoms with van der Waals surface area (Å²) in [5.74, 6) is 1.87. The Bertz CT molecular complexity index is 436. The van der Waals surface area contributed by atoms with Crippen LogP contribution in [0.3, 0.4) is 0 Å². The Morgan fingerprint density at radius 1 is 1.50 bits per heavy atom. The molecule has 0 atom stereocenters. The maximum atomic E-state index is 5.56. The Hall–Kier alpha value is -0.850. The van der Waals surface area contributed by atoms with Crippen molar-refractivity contribution in [3.05, 3.63) is 28.2 Å². The number of thiophene rings is 1. The number of nitrogens with zero attached hydrogens (tertiary/aromatic N) is 3. The SMILES string of the molecule is Cc1nnc(SCc2cccs2)n1CCN. The zero-order valence-electron chi connectivity index (χ0n) is 9.09. The van der Waals surface area contributed by atoms with Gasteiger partial charge >= 0.3 is 0 Å². The molecule has 2 N–H and O–H groups in total. The lowest BCUT2D eigenvalue weighted by atomic mass is 10.5. The second-order valence-corrected chi connectivity index (χ2v) is 5.31. The van der Waals surface area contributed by atoms with Gasteiger partial charge in [-0.05, 0) is 18.4 Å². The van der Waals surface area contributed by atoms with Crippen LogP contribution >= 0.6 is 23.1 Å². The monoisotopic (exact) mass is 254 g/mol. The Balaban J connectivity index is 2.03. The van der Waals surface area contributed by atoms with Crippen molar-refractivity contribution in [3.8, 4) is 0 Å². The van der Waals surface area contributed by atoms with Crippen LogP contribution in [0.4, 0.5) is 0 Å². The van der Waals surface area contributed by atoms with Crippen LogP contribution in [0.15, 0.2) is 22.7 Å². The molecular formula is C10H14N4S2. The van der Waals surface area contributed by atoms with Gasteiger partial charge < -0.3 is 10.3 Å². The van der Waals surface area contributed by atoms with Gasteiger partial charge in [0.05, 0.1) is 0 Å². The van der Waals surface area contributed by atoms with Crippen LogP contribution in [-0.4, -0.2) is 21.3 Å². The van der Waals surface area contributed by atoms with Crippen molar-refractivity contribution in [2.75, 3.05) is 6.54 Å². The molecule has 86 valence electrons. The topological polar surface area (TPSA) is 56.7 Å². The molecule has 0 aliphatic rings. The number of thioether (sulfide) groups is 1. The van der Waals surface area contributed by atoms with Crippen molar-refractivity contribution in [1.82, 2.24) is 14.8 Å². The van der Waals surface area contributed by atoms with Crippen molar-refractivity contribution >= 4 is 23.1 Å². The van der Waals surface area contributed by atoms with E-state index >= 15 is 0 Å². The van der Waals surface area contributed by atoms with Gasteiger partial charge in [-0.1, -0.05) is 17.8 Å². The van der Waals surface area contributed by atoms with E-state index in [9.17, 15) is 0 Å². The molecule has 0 fully saturated rings. The minimum atomic E-state index is 0.617. The second kappa shape index (κ2) is 5.47. The molecule has 0 spiro atoms. The molecule has 0 aliphatic carbocycles. The normalized spacial score (nSPS) is 10.9. The average molecular weight is 254 g/mol. The lowest BCUT2D eigenvalue weighted by Gasteiger charge is -2.05. The minimum absolute atomic E-state index is 0.617. The predicted molar refractivity (Wildman–Crippen MR) is 67.7 cm³/mol. The predicted octanol–water partition coefficient (Wildman–Crippen LogP) is 1.90. The summed E-state index contributed by atoms with van der Waals surface area (Å²) in [4.78, 5) is 1.35. The third kappa shape index (κ3) is 2.63. The molecule has 0 unspecified atom stereocenters. The first-order valence-electron chi connectivity index (χ1n) is 5.06. The van der Waals surface area contributed by atoms with E-state index in [1.54, 1.807) is 23.1 Å². The van der Waals surface area contributed by atoms with E-state index in [0.717, 1.165) is 23.3 Å². The molecule has 2 aromatic heterocycles. The molecular weight excluding hydrogens is 240 g/mol. The minimum Gasteiger partial charge on any atom is -0.329 e. The fraction of sp³-hybridized carbons (Fsp3) is 0.400. The Morgan fingerprint density at radius 3 is 3.06 bits per heavy atom. The molecule has 0 saturated heterocycles. The van der Waals surface area contributed by atoms with Crippen molar-refractivity contribution in [3.63, 3.8) is 0 Å². The van der Waals surface area contributed by atoms with Crippen LogP contribution in [0.5, 0.6) is 0 Å². The first kappa shape index (κ1) is 11.6. The van der Waals surface area contributed by atoms with Crippen LogP contribution in [0.25, 0.3) is 0 Å². The summed E-state index contributed by atoms with van der Waals surface area (Å²) >= 11 is 3.47. The molecule has 0 aromatic carbocycles. The third-order valence-corrected chi connectivity index (χ3v) is 4.25. The highest BCUT2D eigenvalue weighted by Gasteiger charge is 2.08. The lowest BCUT2D eigenvalue weighted by molar-refractivity contribution is 0.627. The van der Waals surface area contributed by atoms with Gasteiger partial charge in [0.25, 0.3) is 0 Å². The fourth-order valence-electron chi connectivity index (χ4n) is 1.39. The van der Waals surface area contributed by atoms with Gasteiger partial charge in [0.2, 0.25) is 0 Å².